The van der Waals surface area contributed by atoms with Crippen LogP contribution in [0.1, 0.15) is 61.1 Å². The summed E-state index contributed by atoms with van der Waals surface area (Å²) in [6.45, 7) is 5.52. The second kappa shape index (κ2) is 11.6. The minimum absolute atomic E-state index is 0.0240. The van der Waals surface area contributed by atoms with Crippen molar-refractivity contribution in [1.29, 1.82) is 0 Å². The molecule has 0 saturated heterocycles. The van der Waals surface area contributed by atoms with Gasteiger partial charge in [-0.15, -0.1) is 0 Å². The van der Waals surface area contributed by atoms with Gasteiger partial charge in [0, 0.05) is 44.1 Å². The number of pyridine rings is 2. The number of rotatable bonds is 8. The van der Waals surface area contributed by atoms with Crippen LogP contribution in [0, 0.1) is 23.4 Å². The van der Waals surface area contributed by atoms with E-state index in [0.717, 1.165) is 30.2 Å². The van der Waals surface area contributed by atoms with Gasteiger partial charge < -0.3 is 15.2 Å². The third-order valence-electron chi connectivity index (χ3n) is 6.96. The van der Waals surface area contributed by atoms with Gasteiger partial charge in [-0.3, -0.25) is 9.78 Å². The molecule has 1 fully saturated rings. The van der Waals surface area contributed by atoms with E-state index in [9.17, 15) is 18.0 Å². The lowest BCUT2D eigenvalue weighted by Crippen LogP contribution is -2.45. The summed E-state index contributed by atoms with van der Waals surface area (Å²) in [5.74, 6) is -3.13. The molecule has 4 rings (SSSR count). The van der Waals surface area contributed by atoms with Crippen molar-refractivity contribution in [2.45, 2.75) is 64.2 Å². The Morgan fingerprint density at radius 1 is 1.11 bits per heavy atom. The molecule has 0 radical (unpaired) electrons. The molecule has 1 aliphatic rings. The topological polar surface area (TPSA) is 87.3 Å². The van der Waals surface area contributed by atoms with Crippen molar-refractivity contribution in [3.63, 3.8) is 0 Å². The Labute approximate surface area is 220 Å². The number of nitrogens with two attached hydrogens (primary N) is 1. The maximum absolute atomic E-state index is 14.8. The minimum Gasteiger partial charge on any atom is -0.491 e. The fraction of sp³-hybridized carbons (Fsp3) is 0.414. The molecule has 2 heterocycles. The molecule has 2 aromatic heterocycles. The molecule has 6 nitrogen and oxygen atoms in total. The van der Waals surface area contributed by atoms with E-state index < -0.39 is 34.5 Å². The molecule has 0 spiro atoms. The van der Waals surface area contributed by atoms with Crippen molar-refractivity contribution < 1.29 is 27.4 Å². The molecule has 202 valence electrons. The summed E-state index contributed by atoms with van der Waals surface area (Å²) in [4.78, 5) is 21.5. The van der Waals surface area contributed by atoms with E-state index in [1.165, 1.54) is 6.07 Å². The minimum atomic E-state index is -1.04. The molecule has 0 bridgehead atoms. The number of nitrogens with zero attached hydrogens (tertiary/aromatic N) is 2. The van der Waals surface area contributed by atoms with Crippen LogP contribution in [0.3, 0.4) is 0 Å². The Kier molecular flexibility index (Phi) is 8.47. The van der Waals surface area contributed by atoms with Crippen molar-refractivity contribution in [2.24, 2.45) is 11.7 Å². The molecule has 3 aromatic rings. The van der Waals surface area contributed by atoms with Crippen LogP contribution in [-0.4, -0.2) is 41.1 Å². The summed E-state index contributed by atoms with van der Waals surface area (Å²) in [6.07, 6.45) is 4.44. The average Bonchev–Trinajstić information content (AvgIpc) is 2.84. The third kappa shape index (κ3) is 5.89. The van der Waals surface area contributed by atoms with Gasteiger partial charge in [0.05, 0.1) is 17.8 Å². The van der Waals surface area contributed by atoms with Crippen molar-refractivity contribution in [2.75, 3.05) is 7.11 Å². The van der Waals surface area contributed by atoms with E-state index in [-0.39, 0.29) is 47.9 Å². The number of hydrogen-bond acceptors (Lipinski definition) is 6. The summed E-state index contributed by atoms with van der Waals surface area (Å²) in [5.41, 5.74) is 6.70. The molecule has 9 heteroatoms. The Bertz CT molecular complexity index is 1280. The van der Waals surface area contributed by atoms with E-state index >= 15 is 0 Å². The van der Waals surface area contributed by atoms with Gasteiger partial charge in [0.1, 0.15) is 34.6 Å². The molecule has 1 saturated carbocycles. The standard InChI is InChI=1S/C29H32F3N3O3/c1-15(2)38-19-12-22(31)27(23(32)13-19)28-21(30)5-6-25(35-28)26(36)11-18-14-34-8-7-20(18)17-9-16(3)29(37-4)24(33)10-17/h5-8,12-17,24,29H,9-11,33H2,1-4H3/t16-,17+,24+,29+/m0/s1. The van der Waals surface area contributed by atoms with Crippen LogP contribution in [0.25, 0.3) is 11.3 Å². The van der Waals surface area contributed by atoms with E-state index in [0.29, 0.717) is 12.0 Å². The zero-order valence-electron chi connectivity index (χ0n) is 21.9. The van der Waals surface area contributed by atoms with Crippen LogP contribution in [0.4, 0.5) is 13.2 Å². The van der Waals surface area contributed by atoms with E-state index in [1.807, 2.05) is 6.07 Å². The molecule has 1 aliphatic carbocycles. The number of methoxy groups -OCH3 is 1. The van der Waals surface area contributed by atoms with Gasteiger partial charge in [-0.25, -0.2) is 18.2 Å². The molecule has 0 unspecified atom stereocenters. The Hall–Kier alpha value is -3.30. The second-order valence-electron chi connectivity index (χ2n) is 10.1. The van der Waals surface area contributed by atoms with E-state index in [4.69, 9.17) is 15.2 Å². The molecule has 0 amide bonds. The summed E-state index contributed by atoms with van der Waals surface area (Å²) >= 11 is 0. The van der Waals surface area contributed by atoms with Gasteiger partial charge in [-0.2, -0.15) is 0 Å². The van der Waals surface area contributed by atoms with Gasteiger partial charge in [0.2, 0.25) is 0 Å². The zero-order valence-corrected chi connectivity index (χ0v) is 21.9. The first-order valence-electron chi connectivity index (χ1n) is 12.7. The Balaban J connectivity index is 1.61. The summed E-state index contributed by atoms with van der Waals surface area (Å²) in [5, 5.41) is 0. The first kappa shape index (κ1) is 27.7. The molecular weight excluding hydrogens is 495 g/mol. The lowest BCUT2D eigenvalue weighted by atomic mass is 9.73. The van der Waals surface area contributed by atoms with Gasteiger partial charge >= 0.3 is 0 Å². The van der Waals surface area contributed by atoms with Crippen LogP contribution in [0.5, 0.6) is 5.75 Å². The monoisotopic (exact) mass is 527 g/mol. The highest BCUT2D eigenvalue weighted by Gasteiger charge is 2.35. The number of Topliss-reactive ketones (excluding diaryl/α,β-unsaturated/α-hetero) is 1. The molecule has 4 atom stereocenters. The Morgan fingerprint density at radius 3 is 2.45 bits per heavy atom. The van der Waals surface area contributed by atoms with E-state index in [2.05, 4.69) is 16.9 Å². The number of carbonyl (C=O) groups excluding carboxylic acids is 1. The van der Waals surface area contributed by atoms with Crippen LogP contribution in [0.2, 0.25) is 0 Å². The fourth-order valence-corrected chi connectivity index (χ4v) is 5.36. The summed E-state index contributed by atoms with van der Waals surface area (Å²) in [6, 6.07) is 5.89. The Morgan fingerprint density at radius 2 is 1.82 bits per heavy atom. The lowest BCUT2D eigenvalue weighted by molar-refractivity contribution is 0.00970. The average molecular weight is 528 g/mol. The van der Waals surface area contributed by atoms with Crippen LogP contribution >= 0.6 is 0 Å². The molecule has 0 aliphatic heterocycles. The highest BCUT2D eigenvalue weighted by Crippen LogP contribution is 2.38. The lowest BCUT2D eigenvalue weighted by Gasteiger charge is -2.38. The van der Waals surface area contributed by atoms with Crippen LogP contribution < -0.4 is 10.5 Å². The molecular formula is C29H32F3N3O3. The number of aromatic nitrogens is 2. The van der Waals surface area contributed by atoms with Crippen molar-refractivity contribution in [3.05, 3.63) is 77.0 Å². The SMILES string of the molecule is CO[C@H]1[C@H](N)C[C@H](c2ccncc2CC(=O)c2ccc(F)c(-c3c(F)cc(OC(C)C)cc3F)n2)C[C@@H]1C. The maximum Gasteiger partial charge on any atom is 0.185 e. The predicted molar refractivity (Wildman–Crippen MR) is 137 cm³/mol. The molecule has 1 aromatic carbocycles. The van der Waals surface area contributed by atoms with Crippen LogP contribution in [-0.2, 0) is 11.2 Å². The molecule has 38 heavy (non-hydrogen) atoms. The van der Waals surface area contributed by atoms with Gasteiger partial charge in [0.25, 0.3) is 0 Å². The normalized spacial score (nSPS) is 21.5. The highest BCUT2D eigenvalue weighted by atomic mass is 19.1. The van der Waals surface area contributed by atoms with Gasteiger partial charge in [-0.05, 0) is 67.9 Å². The predicted octanol–water partition coefficient (Wildman–Crippen LogP) is 5.63. The number of carbonyl (C=O) groups is 1. The van der Waals surface area contributed by atoms with Crippen molar-refractivity contribution >= 4 is 5.78 Å². The number of ketones is 1. The maximum atomic E-state index is 14.8. The van der Waals surface area contributed by atoms with Crippen molar-refractivity contribution in [3.8, 4) is 17.0 Å². The van der Waals surface area contributed by atoms with E-state index in [1.54, 1.807) is 33.4 Å². The van der Waals surface area contributed by atoms with Crippen molar-refractivity contribution in [1.82, 2.24) is 9.97 Å². The first-order valence-corrected chi connectivity index (χ1v) is 12.7. The van der Waals surface area contributed by atoms with Gasteiger partial charge in [0.15, 0.2) is 5.78 Å². The third-order valence-corrected chi connectivity index (χ3v) is 6.96. The first-order chi connectivity index (χ1) is 18.1. The number of halogens is 3. The van der Waals surface area contributed by atoms with Gasteiger partial charge in [-0.1, -0.05) is 6.92 Å². The highest BCUT2D eigenvalue weighted by molar-refractivity contribution is 5.96. The molecule has 2 N–H and O–H groups in total. The fourth-order valence-electron chi connectivity index (χ4n) is 5.36. The summed E-state index contributed by atoms with van der Waals surface area (Å²) < 4.78 is 55.3. The van der Waals surface area contributed by atoms with Crippen LogP contribution in [0.15, 0.2) is 42.7 Å². The number of hydrogen-bond donors (Lipinski definition) is 1. The number of benzene rings is 1. The second-order valence-corrected chi connectivity index (χ2v) is 10.1. The zero-order chi connectivity index (χ0) is 27.6. The quantitative estimate of drug-likeness (QED) is 0.382. The number of ether oxygens (including phenoxy) is 2. The largest absolute Gasteiger partial charge is 0.491 e. The smallest absolute Gasteiger partial charge is 0.185 e. The summed E-state index contributed by atoms with van der Waals surface area (Å²) in [7, 11) is 1.66.